The molecule has 0 radical (unpaired) electrons. The van der Waals surface area contributed by atoms with E-state index in [0.29, 0.717) is 17.2 Å². The molecule has 0 aliphatic heterocycles. The summed E-state index contributed by atoms with van der Waals surface area (Å²) in [5, 5.41) is 5.78. The Morgan fingerprint density at radius 1 is 1.09 bits per heavy atom. The number of hydrogen-bond donors (Lipinski definition) is 3. The van der Waals surface area contributed by atoms with Gasteiger partial charge in [-0.3, -0.25) is 9.59 Å². The van der Waals surface area contributed by atoms with E-state index in [2.05, 4.69) is 27.5 Å². The summed E-state index contributed by atoms with van der Waals surface area (Å²) >= 11 is 0. The number of rotatable bonds is 8. The molecule has 0 saturated carbocycles. The highest BCUT2D eigenvalue weighted by Crippen LogP contribution is 2.24. The first kappa shape index (κ1) is 23.7. The van der Waals surface area contributed by atoms with E-state index in [4.69, 9.17) is 0 Å². The van der Waals surface area contributed by atoms with Crippen LogP contribution >= 0.6 is 0 Å². The first-order chi connectivity index (χ1) is 15.9. The minimum atomic E-state index is -0.182. The van der Waals surface area contributed by atoms with Crippen LogP contribution in [0.1, 0.15) is 45.0 Å². The number of anilines is 1. The van der Waals surface area contributed by atoms with Crippen molar-refractivity contribution in [3.05, 3.63) is 89.9 Å². The van der Waals surface area contributed by atoms with Crippen molar-refractivity contribution >= 4 is 34.6 Å². The number of H-pyrrole nitrogens is 1. The second-order valence-electron chi connectivity index (χ2n) is 7.99. The number of benzene rings is 2. The van der Waals surface area contributed by atoms with Crippen LogP contribution in [0.2, 0.25) is 0 Å². The van der Waals surface area contributed by atoms with Crippen molar-refractivity contribution in [2.45, 2.75) is 33.6 Å². The normalized spacial score (nSPS) is 14.0. The third kappa shape index (κ3) is 6.53. The predicted molar refractivity (Wildman–Crippen MR) is 134 cm³/mol. The summed E-state index contributed by atoms with van der Waals surface area (Å²) in [6.07, 6.45) is 9.27. The number of carbonyl (C=O) groups is 2. The van der Waals surface area contributed by atoms with E-state index in [9.17, 15) is 9.59 Å². The van der Waals surface area contributed by atoms with E-state index in [1.165, 1.54) is 6.92 Å². The third-order valence-corrected chi connectivity index (χ3v) is 5.45. The van der Waals surface area contributed by atoms with Gasteiger partial charge in [0.2, 0.25) is 11.8 Å². The average Bonchev–Trinajstić information content (AvgIpc) is 3.20. The van der Waals surface area contributed by atoms with E-state index in [1.807, 2.05) is 92.8 Å². The first-order valence-electron chi connectivity index (χ1n) is 11.0. The van der Waals surface area contributed by atoms with Crippen LogP contribution in [0.25, 0.3) is 17.1 Å². The van der Waals surface area contributed by atoms with Crippen LogP contribution in [0.3, 0.4) is 0 Å². The maximum atomic E-state index is 12.8. The van der Waals surface area contributed by atoms with Crippen LogP contribution in [-0.4, -0.2) is 21.8 Å². The van der Waals surface area contributed by atoms with E-state index >= 15 is 0 Å². The molecule has 170 valence electrons. The van der Waals surface area contributed by atoms with Crippen LogP contribution in [0, 0.1) is 5.92 Å². The summed E-state index contributed by atoms with van der Waals surface area (Å²) in [5.41, 5.74) is 4.19. The Morgan fingerprint density at radius 2 is 1.85 bits per heavy atom. The molecule has 2 atom stereocenters. The second-order valence-corrected chi connectivity index (χ2v) is 7.99. The van der Waals surface area contributed by atoms with Gasteiger partial charge in [-0.1, -0.05) is 56.3 Å². The van der Waals surface area contributed by atoms with Gasteiger partial charge >= 0.3 is 0 Å². The fraction of sp³-hybridized carbons (Fsp3) is 0.222. The molecule has 0 aliphatic carbocycles. The molecule has 0 fully saturated rings. The minimum Gasteiger partial charge on any atom is -0.338 e. The Hall–Kier alpha value is -3.93. The van der Waals surface area contributed by atoms with Gasteiger partial charge in [0, 0.05) is 24.2 Å². The van der Waals surface area contributed by atoms with Crippen molar-refractivity contribution in [3.63, 3.8) is 0 Å². The van der Waals surface area contributed by atoms with Crippen LogP contribution in [0.4, 0.5) is 5.69 Å². The number of nitrogens with one attached hydrogen (secondary N) is 3. The van der Waals surface area contributed by atoms with Crippen molar-refractivity contribution < 1.29 is 9.59 Å². The monoisotopic (exact) mass is 442 g/mol. The van der Waals surface area contributed by atoms with Gasteiger partial charge in [0.15, 0.2) is 0 Å². The highest BCUT2D eigenvalue weighted by molar-refractivity contribution is 5.91. The number of amides is 2. The lowest BCUT2D eigenvalue weighted by Crippen LogP contribution is -2.30. The lowest BCUT2D eigenvalue weighted by molar-refractivity contribution is -0.124. The molecule has 3 rings (SSSR count). The maximum absolute atomic E-state index is 12.8. The molecule has 2 amide bonds. The van der Waals surface area contributed by atoms with Gasteiger partial charge in [0.25, 0.3) is 0 Å². The highest BCUT2D eigenvalue weighted by atomic mass is 16.2. The number of aromatic nitrogens is 2. The lowest BCUT2D eigenvalue weighted by Gasteiger charge is -2.20. The molecular formula is C27H30N4O2. The molecule has 6 nitrogen and oxygen atoms in total. The largest absolute Gasteiger partial charge is 0.338 e. The van der Waals surface area contributed by atoms with Crippen LogP contribution in [-0.2, 0) is 9.59 Å². The summed E-state index contributed by atoms with van der Waals surface area (Å²) in [5.74, 6) is 0.451. The standard InChI is InChI=1S/C27H30N4O2/c1-5-10-22(29-27(33)19(3)18(2)21-11-7-6-8-12-21)13-9-14-26-30-24-16-15-23(28-20(4)32)17-25(24)31-26/h5-19H,1-4H3,(H,28,32)(H,29,33)(H,30,31)/b10-5-,14-9+,22-13+. The number of fused-ring (bicyclic) bond motifs is 1. The molecule has 1 heterocycles. The molecule has 0 spiro atoms. The number of imidazole rings is 1. The van der Waals surface area contributed by atoms with Gasteiger partial charge in [-0.2, -0.15) is 0 Å². The average molecular weight is 443 g/mol. The Morgan fingerprint density at radius 3 is 2.55 bits per heavy atom. The molecule has 3 aromatic rings. The quantitative estimate of drug-likeness (QED) is 0.400. The van der Waals surface area contributed by atoms with Crippen molar-refractivity contribution in [2.24, 2.45) is 5.92 Å². The van der Waals surface area contributed by atoms with Crippen molar-refractivity contribution in [2.75, 3.05) is 5.32 Å². The van der Waals surface area contributed by atoms with Gasteiger partial charge in [0.1, 0.15) is 5.82 Å². The summed E-state index contributed by atoms with van der Waals surface area (Å²) in [6.45, 7) is 7.39. The number of nitrogens with zero attached hydrogens (tertiary/aromatic N) is 1. The molecule has 1 aromatic heterocycles. The van der Waals surface area contributed by atoms with Gasteiger partial charge in [-0.15, -0.1) is 0 Å². The molecule has 0 bridgehead atoms. The number of hydrogen-bond acceptors (Lipinski definition) is 3. The van der Waals surface area contributed by atoms with Crippen molar-refractivity contribution in [1.29, 1.82) is 0 Å². The first-order valence-corrected chi connectivity index (χ1v) is 11.0. The van der Waals surface area contributed by atoms with E-state index in [1.54, 1.807) is 0 Å². The SMILES string of the molecule is C\C=C/C(=C\C=C\c1nc2ccc(NC(C)=O)cc2[nH]1)NC(=O)C(C)C(C)c1ccccc1. The molecule has 2 aromatic carbocycles. The summed E-state index contributed by atoms with van der Waals surface area (Å²) in [4.78, 5) is 31.8. The molecular weight excluding hydrogens is 412 g/mol. The van der Waals surface area contributed by atoms with Crippen molar-refractivity contribution in [1.82, 2.24) is 15.3 Å². The Balaban J connectivity index is 1.70. The zero-order chi connectivity index (χ0) is 23.8. The van der Waals surface area contributed by atoms with Gasteiger partial charge < -0.3 is 15.6 Å². The maximum Gasteiger partial charge on any atom is 0.227 e. The number of aromatic amines is 1. The predicted octanol–water partition coefficient (Wildman–Crippen LogP) is 5.55. The van der Waals surface area contributed by atoms with Gasteiger partial charge in [-0.25, -0.2) is 4.98 Å². The van der Waals surface area contributed by atoms with Gasteiger partial charge in [0.05, 0.1) is 11.0 Å². The Labute approximate surface area is 194 Å². The fourth-order valence-electron chi connectivity index (χ4n) is 3.48. The minimum absolute atomic E-state index is 0.0293. The Kier molecular flexibility index (Phi) is 7.97. The van der Waals surface area contributed by atoms with Crippen molar-refractivity contribution in [3.8, 4) is 0 Å². The lowest BCUT2D eigenvalue weighted by atomic mass is 9.88. The number of allylic oxidation sites excluding steroid dienone is 4. The second kappa shape index (κ2) is 11.1. The highest BCUT2D eigenvalue weighted by Gasteiger charge is 2.21. The molecule has 0 aliphatic rings. The number of carbonyl (C=O) groups excluding carboxylic acids is 2. The van der Waals surface area contributed by atoms with Gasteiger partial charge in [-0.05, 0) is 54.8 Å². The molecule has 0 saturated heterocycles. The van der Waals surface area contributed by atoms with E-state index in [0.717, 1.165) is 16.6 Å². The topological polar surface area (TPSA) is 86.9 Å². The summed E-state index contributed by atoms with van der Waals surface area (Å²) in [7, 11) is 0. The zero-order valence-corrected chi connectivity index (χ0v) is 19.4. The fourth-order valence-corrected chi connectivity index (χ4v) is 3.48. The zero-order valence-electron chi connectivity index (χ0n) is 19.4. The summed E-state index contributed by atoms with van der Waals surface area (Å²) in [6, 6.07) is 15.6. The summed E-state index contributed by atoms with van der Waals surface area (Å²) < 4.78 is 0. The Bertz CT molecular complexity index is 1210. The third-order valence-electron chi connectivity index (χ3n) is 5.45. The molecule has 2 unspecified atom stereocenters. The van der Waals surface area contributed by atoms with E-state index < -0.39 is 0 Å². The molecule has 3 N–H and O–H groups in total. The van der Waals surface area contributed by atoms with Crippen LogP contribution in [0.15, 0.2) is 78.5 Å². The molecule has 6 heteroatoms. The van der Waals surface area contributed by atoms with Crippen LogP contribution in [0.5, 0.6) is 0 Å². The van der Waals surface area contributed by atoms with Crippen LogP contribution < -0.4 is 10.6 Å². The smallest absolute Gasteiger partial charge is 0.227 e. The molecule has 33 heavy (non-hydrogen) atoms. The van der Waals surface area contributed by atoms with E-state index in [-0.39, 0.29) is 23.7 Å².